The molecule has 0 saturated carbocycles. The van der Waals surface area contributed by atoms with E-state index >= 15 is 0 Å². The molecule has 0 radical (unpaired) electrons. The van der Waals surface area contributed by atoms with Crippen LogP contribution in [0.1, 0.15) is 64.7 Å². The molecule has 3 N–H and O–H groups in total. The van der Waals surface area contributed by atoms with Crippen LogP contribution >= 0.6 is 0 Å². The van der Waals surface area contributed by atoms with Gasteiger partial charge in [0.1, 0.15) is 0 Å². The van der Waals surface area contributed by atoms with Crippen LogP contribution in [0.3, 0.4) is 0 Å². The summed E-state index contributed by atoms with van der Waals surface area (Å²) >= 11 is 0. The first kappa shape index (κ1) is 17.4. The molecule has 0 aliphatic heterocycles. The molecule has 0 heterocycles. The van der Waals surface area contributed by atoms with Crippen LogP contribution in [0.2, 0.25) is 0 Å². The first-order chi connectivity index (χ1) is 8.63. The molecule has 0 aliphatic carbocycles. The van der Waals surface area contributed by atoms with E-state index in [0.717, 1.165) is 25.7 Å². The minimum absolute atomic E-state index is 0.0841. The molecule has 108 valence electrons. The summed E-state index contributed by atoms with van der Waals surface area (Å²) in [5.41, 5.74) is -0.794. The predicted molar refractivity (Wildman–Crippen MR) is 71.5 cm³/mol. The first-order valence-electron chi connectivity index (χ1n) is 7.08. The lowest BCUT2D eigenvalue weighted by atomic mass is 9.75. The molecular formula is C14H28O4. The van der Waals surface area contributed by atoms with Gasteiger partial charge in [0.15, 0.2) is 0 Å². The molecule has 0 bridgehead atoms. The van der Waals surface area contributed by atoms with Crippen LogP contribution in [0.5, 0.6) is 0 Å². The highest BCUT2D eigenvalue weighted by atomic mass is 16.4. The molecular weight excluding hydrogens is 232 g/mol. The molecule has 4 nitrogen and oxygen atoms in total. The number of hydrogen-bond acceptors (Lipinski definition) is 3. The van der Waals surface area contributed by atoms with Gasteiger partial charge in [-0.05, 0) is 25.7 Å². The second-order valence-corrected chi connectivity index (χ2v) is 5.05. The van der Waals surface area contributed by atoms with E-state index in [0.29, 0.717) is 32.1 Å². The van der Waals surface area contributed by atoms with E-state index in [2.05, 4.69) is 6.92 Å². The van der Waals surface area contributed by atoms with E-state index in [9.17, 15) is 9.90 Å². The smallest absolute Gasteiger partial charge is 0.309 e. The molecule has 0 amide bonds. The zero-order valence-electron chi connectivity index (χ0n) is 11.5. The van der Waals surface area contributed by atoms with Gasteiger partial charge in [-0.1, -0.05) is 39.0 Å². The summed E-state index contributed by atoms with van der Waals surface area (Å²) in [7, 11) is 0. The molecule has 0 rings (SSSR count). The lowest BCUT2D eigenvalue weighted by Gasteiger charge is -2.29. The third kappa shape index (κ3) is 6.36. The number of carboxylic acids is 1. The number of hydrogen-bond donors (Lipinski definition) is 3. The van der Waals surface area contributed by atoms with Crippen molar-refractivity contribution in [3.63, 3.8) is 0 Å². The topological polar surface area (TPSA) is 77.8 Å². The quantitative estimate of drug-likeness (QED) is 0.471. The summed E-state index contributed by atoms with van der Waals surface area (Å²) in [5, 5.41) is 27.3. The lowest BCUT2D eigenvalue weighted by molar-refractivity contribution is -0.151. The lowest BCUT2D eigenvalue weighted by Crippen LogP contribution is -2.32. The van der Waals surface area contributed by atoms with Crippen molar-refractivity contribution in [1.82, 2.24) is 0 Å². The molecule has 0 saturated heterocycles. The van der Waals surface area contributed by atoms with Gasteiger partial charge in [-0.15, -0.1) is 0 Å². The van der Waals surface area contributed by atoms with Gasteiger partial charge in [0.25, 0.3) is 0 Å². The van der Waals surface area contributed by atoms with Gasteiger partial charge in [-0.3, -0.25) is 4.79 Å². The minimum Gasteiger partial charge on any atom is -0.481 e. The Morgan fingerprint density at radius 3 is 1.94 bits per heavy atom. The van der Waals surface area contributed by atoms with Crippen LogP contribution in [0, 0.1) is 5.41 Å². The van der Waals surface area contributed by atoms with Gasteiger partial charge in [0.05, 0.1) is 5.41 Å². The zero-order valence-corrected chi connectivity index (χ0v) is 11.5. The number of aliphatic carboxylic acids is 1. The van der Waals surface area contributed by atoms with E-state index in [1.165, 1.54) is 0 Å². The Hall–Kier alpha value is -0.610. The maximum atomic E-state index is 11.5. The summed E-state index contributed by atoms with van der Waals surface area (Å²) in [4.78, 5) is 11.5. The summed E-state index contributed by atoms with van der Waals surface area (Å²) in [6, 6.07) is 0. The predicted octanol–water partition coefficient (Wildman–Crippen LogP) is 2.57. The average molecular weight is 260 g/mol. The molecule has 0 aliphatic rings. The Morgan fingerprint density at radius 2 is 1.50 bits per heavy atom. The van der Waals surface area contributed by atoms with Gasteiger partial charge < -0.3 is 15.3 Å². The largest absolute Gasteiger partial charge is 0.481 e. The van der Waals surface area contributed by atoms with Gasteiger partial charge in [0.2, 0.25) is 0 Å². The summed E-state index contributed by atoms with van der Waals surface area (Å²) in [6.07, 6.45) is 7.06. The number of aliphatic hydroxyl groups is 2. The zero-order chi connectivity index (χ0) is 13.9. The highest BCUT2D eigenvalue weighted by Crippen LogP contribution is 2.35. The van der Waals surface area contributed by atoms with Crippen molar-refractivity contribution in [3.05, 3.63) is 0 Å². The molecule has 4 heteroatoms. The fourth-order valence-electron chi connectivity index (χ4n) is 2.38. The van der Waals surface area contributed by atoms with Gasteiger partial charge in [0, 0.05) is 13.2 Å². The van der Waals surface area contributed by atoms with Crippen molar-refractivity contribution >= 4 is 5.97 Å². The number of carboxylic acid groups (broad SMARTS) is 1. The van der Waals surface area contributed by atoms with Crippen LogP contribution in [-0.2, 0) is 4.79 Å². The van der Waals surface area contributed by atoms with E-state index in [1.54, 1.807) is 0 Å². The molecule has 1 atom stereocenters. The number of aliphatic hydroxyl groups excluding tert-OH is 2. The Labute approximate surface area is 110 Å². The third-order valence-electron chi connectivity index (χ3n) is 3.62. The first-order valence-corrected chi connectivity index (χ1v) is 7.08. The number of rotatable bonds is 12. The third-order valence-corrected chi connectivity index (χ3v) is 3.62. The molecule has 18 heavy (non-hydrogen) atoms. The Balaban J connectivity index is 4.38. The maximum Gasteiger partial charge on any atom is 0.309 e. The van der Waals surface area contributed by atoms with Crippen molar-refractivity contribution in [2.24, 2.45) is 5.41 Å². The van der Waals surface area contributed by atoms with Crippen molar-refractivity contribution in [1.29, 1.82) is 0 Å². The van der Waals surface area contributed by atoms with Crippen LogP contribution in [0.25, 0.3) is 0 Å². The summed E-state index contributed by atoms with van der Waals surface area (Å²) in [6.45, 7) is 2.14. The second-order valence-electron chi connectivity index (χ2n) is 5.05. The fourth-order valence-corrected chi connectivity index (χ4v) is 2.38. The van der Waals surface area contributed by atoms with E-state index in [4.69, 9.17) is 10.2 Å². The average Bonchev–Trinajstić information content (AvgIpc) is 2.34. The van der Waals surface area contributed by atoms with Crippen molar-refractivity contribution in [2.45, 2.75) is 64.7 Å². The minimum atomic E-state index is -0.800. The highest BCUT2D eigenvalue weighted by Gasteiger charge is 2.36. The van der Waals surface area contributed by atoms with Crippen molar-refractivity contribution in [2.75, 3.05) is 13.2 Å². The summed E-state index contributed by atoms with van der Waals surface area (Å²) in [5.74, 6) is -0.800. The SMILES string of the molecule is CCCCCCC(CCO)(CCCCO)C(=O)O. The number of carbonyl (C=O) groups is 1. The maximum absolute atomic E-state index is 11.5. The van der Waals surface area contributed by atoms with E-state index < -0.39 is 11.4 Å². The van der Waals surface area contributed by atoms with Crippen LogP contribution in [0.15, 0.2) is 0 Å². The van der Waals surface area contributed by atoms with Gasteiger partial charge in [-0.2, -0.15) is 0 Å². The summed E-state index contributed by atoms with van der Waals surface area (Å²) < 4.78 is 0. The van der Waals surface area contributed by atoms with Crippen LogP contribution in [0.4, 0.5) is 0 Å². The van der Waals surface area contributed by atoms with Gasteiger partial charge in [-0.25, -0.2) is 0 Å². The molecule has 0 spiro atoms. The van der Waals surface area contributed by atoms with E-state index in [-0.39, 0.29) is 13.2 Å². The standard InChI is InChI=1S/C14H28O4/c1-2-3-4-5-8-14(10-12-16,13(17)18)9-6-7-11-15/h15-16H,2-12H2,1H3,(H,17,18). The normalized spacial score (nSPS) is 14.4. The highest BCUT2D eigenvalue weighted by molar-refractivity contribution is 5.74. The Kier molecular flexibility index (Phi) is 9.98. The molecule has 0 aromatic rings. The fraction of sp³-hybridized carbons (Fsp3) is 0.929. The monoisotopic (exact) mass is 260 g/mol. The molecule has 0 aromatic carbocycles. The van der Waals surface area contributed by atoms with Crippen LogP contribution in [-0.4, -0.2) is 34.5 Å². The number of unbranched alkanes of at least 4 members (excludes halogenated alkanes) is 4. The Morgan fingerprint density at radius 1 is 0.889 bits per heavy atom. The van der Waals surface area contributed by atoms with E-state index in [1.807, 2.05) is 0 Å². The molecule has 0 fully saturated rings. The molecule has 0 aromatic heterocycles. The Bertz CT molecular complexity index is 218. The molecule has 1 unspecified atom stereocenters. The van der Waals surface area contributed by atoms with Crippen LogP contribution < -0.4 is 0 Å². The van der Waals surface area contributed by atoms with Crippen molar-refractivity contribution in [3.8, 4) is 0 Å². The van der Waals surface area contributed by atoms with Gasteiger partial charge >= 0.3 is 5.97 Å². The second kappa shape index (κ2) is 10.3. The van der Waals surface area contributed by atoms with Crippen molar-refractivity contribution < 1.29 is 20.1 Å².